The third kappa shape index (κ3) is 5.91. The summed E-state index contributed by atoms with van der Waals surface area (Å²) in [6.07, 6.45) is 0.590. The fourth-order valence-corrected chi connectivity index (χ4v) is 0.960. The molecule has 0 aromatic rings. The molecule has 0 aliphatic rings. The Balaban J connectivity index is 3.85. The predicted molar refractivity (Wildman–Crippen MR) is 60.9 cm³/mol. The van der Waals surface area contributed by atoms with Gasteiger partial charge in [-0.15, -0.1) is 11.8 Å². The molecule has 0 fully saturated rings. The first-order valence-electron chi connectivity index (χ1n) is 5.15. The number of carbonyl (C=O) groups is 2. The number of carbonyl (C=O) groups excluding carboxylic acids is 1. The third-order valence-corrected chi connectivity index (χ3v) is 2.21. The van der Waals surface area contributed by atoms with E-state index in [9.17, 15) is 9.59 Å². The molecule has 0 aliphatic heterocycles. The second-order valence-electron chi connectivity index (χ2n) is 3.49. The number of hydrogen-bond acceptors (Lipinski definition) is 2. The fourth-order valence-electron chi connectivity index (χ4n) is 0.960. The summed E-state index contributed by atoms with van der Waals surface area (Å²) in [5.74, 6) is 3.99. The van der Waals surface area contributed by atoms with Crippen LogP contribution in [0.4, 0.5) is 4.79 Å². The molecule has 0 bridgehead atoms. The molecule has 90 valence electrons. The lowest BCUT2D eigenvalue weighted by molar-refractivity contribution is -0.141. The van der Waals surface area contributed by atoms with Crippen LogP contribution in [0.2, 0.25) is 0 Å². The summed E-state index contributed by atoms with van der Waals surface area (Å²) in [5, 5.41) is 13.9. The normalized spacial score (nSPS) is 12.9. The Morgan fingerprint density at radius 1 is 1.38 bits per heavy atom. The van der Waals surface area contributed by atoms with E-state index in [0.717, 1.165) is 0 Å². The van der Waals surface area contributed by atoms with E-state index in [1.807, 2.05) is 0 Å². The number of amides is 2. The summed E-state index contributed by atoms with van der Waals surface area (Å²) >= 11 is 0. The molecule has 2 amide bonds. The highest BCUT2D eigenvalue weighted by Gasteiger charge is 2.20. The average Bonchev–Trinajstić information content (AvgIpc) is 2.23. The van der Waals surface area contributed by atoms with Crippen molar-refractivity contribution >= 4 is 12.0 Å². The molecule has 0 spiro atoms. The minimum Gasteiger partial charge on any atom is -0.481 e. The molecule has 5 nitrogen and oxygen atoms in total. The Labute approximate surface area is 95.6 Å². The van der Waals surface area contributed by atoms with Gasteiger partial charge < -0.3 is 15.7 Å². The van der Waals surface area contributed by atoms with E-state index in [-0.39, 0.29) is 6.03 Å². The minimum atomic E-state index is -0.926. The summed E-state index contributed by atoms with van der Waals surface area (Å²) in [4.78, 5) is 21.9. The lowest BCUT2D eigenvalue weighted by Crippen LogP contribution is -2.45. The van der Waals surface area contributed by atoms with E-state index in [1.165, 1.54) is 0 Å². The molecule has 16 heavy (non-hydrogen) atoms. The fraction of sp³-hybridized carbons (Fsp3) is 0.636. The molecule has 0 saturated carbocycles. The zero-order valence-electron chi connectivity index (χ0n) is 9.83. The van der Waals surface area contributed by atoms with Crippen LogP contribution in [0.3, 0.4) is 0 Å². The van der Waals surface area contributed by atoms with Gasteiger partial charge >= 0.3 is 12.0 Å². The molecular weight excluding hydrogens is 208 g/mol. The molecule has 0 aromatic heterocycles. The van der Waals surface area contributed by atoms with E-state index >= 15 is 0 Å². The van der Waals surface area contributed by atoms with Gasteiger partial charge in [0.15, 0.2) is 0 Å². The monoisotopic (exact) mass is 226 g/mol. The average molecular weight is 226 g/mol. The number of hydrogen-bond donors (Lipinski definition) is 3. The van der Waals surface area contributed by atoms with E-state index in [0.29, 0.717) is 13.0 Å². The molecule has 0 aliphatic carbocycles. The van der Waals surface area contributed by atoms with Crippen molar-refractivity contribution in [3.8, 4) is 11.8 Å². The van der Waals surface area contributed by atoms with E-state index < -0.39 is 17.9 Å². The highest BCUT2D eigenvalue weighted by atomic mass is 16.4. The maximum atomic E-state index is 11.3. The van der Waals surface area contributed by atoms with Gasteiger partial charge in [-0.25, -0.2) is 4.79 Å². The number of aliphatic carboxylic acids is 1. The van der Waals surface area contributed by atoms with Crippen LogP contribution in [0.25, 0.3) is 0 Å². The van der Waals surface area contributed by atoms with Crippen LogP contribution in [-0.4, -0.2) is 29.7 Å². The molecule has 0 saturated heterocycles. The Hall–Kier alpha value is -1.70. The van der Waals surface area contributed by atoms with Crippen molar-refractivity contribution in [3.63, 3.8) is 0 Å². The van der Waals surface area contributed by atoms with Gasteiger partial charge in [-0.1, -0.05) is 0 Å². The van der Waals surface area contributed by atoms with Crippen molar-refractivity contribution < 1.29 is 14.7 Å². The van der Waals surface area contributed by atoms with Crippen LogP contribution in [0.15, 0.2) is 0 Å². The Bertz CT molecular complexity index is 304. The lowest BCUT2D eigenvalue weighted by Gasteiger charge is -2.17. The molecule has 0 radical (unpaired) electrons. The van der Waals surface area contributed by atoms with Crippen molar-refractivity contribution in [2.45, 2.75) is 33.2 Å². The van der Waals surface area contributed by atoms with Gasteiger partial charge in [0.25, 0.3) is 0 Å². The quantitative estimate of drug-likeness (QED) is 0.479. The van der Waals surface area contributed by atoms with Gasteiger partial charge in [0.2, 0.25) is 0 Å². The molecular formula is C11H18N2O3. The largest absolute Gasteiger partial charge is 0.481 e. The molecule has 2 atom stereocenters. The van der Waals surface area contributed by atoms with Gasteiger partial charge in [0.1, 0.15) is 0 Å². The van der Waals surface area contributed by atoms with Crippen LogP contribution in [0.1, 0.15) is 27.2 Å². The molecule has 2 unspecified atom stereocenters. The van der Waals surface area contributed by atoms with Crippen LogP contribution in [-0.2, 0) is 4.79 Å². The second-order valence-corrected chi connectivity index (χ2v) is 3.49. The Morgan fingerprint density at radius 3 is 2.50 bits per heavy atom. The van der Waals surface area contributed by atoms with Crippen LogP contribution < -0.4 is 10.6 Å². The topological polar surface area (TPSA) is 78.4 Å². The third-order valence-electron chi connectivity index (χ3n) is 2.21. The van der Waals surface area contributed by atoms with Crippen molar-refractivity contribution in [2.75, 3.05) is 6.54 Å². The SMILES string of the molecule is CC#CCCNC(=O)NC(C)C(C)C(=O)O. The molecule has 5 heteroatoms. The number of carboxylic acid groups (broad SMARTS) is 1. The van der Waals surface area contributed by atoms with E-state index in [4.69, 9.17) is 5.11 Å². The van der Waals surface area contributed by atoms with Crippen molar-refractivity contribution in [2.24, 2.45) is 5.92 Å². The predicted octanol–water partition coefficient (Wildman–Crippen LogP) is 0.808. The minimum absolute atomic E-state index is 0.362. The summed E-state index contributed by atoms with van der Waals surface area (Å²) in [6.45, 7) is 5.40. The maximum absolute atomic E-state index is 11.3. The van der Waals surface area contributed by atoms with Crippen molar-refractivity contribution in [3.05, 3.63) is 0 Å². The summed E-state index contributed by atoms with van der Waals surface area (Å²) in [6, 6.07) is -0.770. The van der Waals surface area contributed by atoms with Gasteiger partial charge in [-0.05, 0) is 20.8 Å². The van der Waals surface area contributed by atoms with Crippen molar-refractivity contribution in [1.82, 2.24) is 10.6 Å². The van der Waals surface area contributed by atoms with Crippen molar-refractivity contribution in [1.29, 1.82) is 0 Å². The van der Waals surface area contributed by atoms with E-state index in [2.05, 4.69) is 22.5 Å². The van der Waals surface area contributed by atoms with E-state index in [1.54, 1.807) is 20.8 Å². The summed E-state index contributed by atoms with van der Waals surface area (Å²) in [5.41, 5.74) is 0. The van der Waals surface area contributed by atoms with Crippen LogP contribution in [0.5, 0.6) is 0 Å². The first kappa shape index (κ1) is 14.3. The zero-order valence-corrected chi connectivity index (χ0v) is 9.83. The highest BCUT2D eigenvalue weighted by molar-refractivity contribution is 5.76. The molecule has 0 rings (SSSR count). The van der Waals surface area contributed by atoms with Crippen LogP contribution in [0, 0.1) is 17.8 Å². The Morgan fingerprint density at radius 2 is 2.00 bits per heavy atom. The second kappa shape index (κ2) is 7.57. The number of rotatable bonds is 5. The molecule has 3 N–H and O–H groups in total. The number of urea groups is 1. The number of carboxylic acids is 1. The smallest absolute Gasteiger partial charge is 0.315 e. The molecule has 0 aromatic carbocycles. The summed E-state index contributed by atoms with van der Waals surface area (Å²) < 4.78 is 0. The zero-order chi connectivity index (χ0) is 12.6. The summed E-state index contributed by atoms with van der Waals surface area (Å²) in [7, 11) is 0. The lowest BCUT2D eigenvalue weighted by atomic mass is 10.0. The van der Waals surface area contributed by atoms with Crippen LogP contribution >= 0.6 is 0 Å². The highest BCUT2D eigenvalue weighted by Crippen LogP contribution is 2.01. The first-order chi connectivity index (χ1) is 7.49. The standard InChI is InChI=1S/C11H18N2O3/c1-4-5-6-7-12-11(16)13-9(3)8(2)10(14)15/h8-9H,6-7H2,1-3H3,(H,14,15)(H2,12,13,16). The van der Waals surface area contributed by atoms with Gasteiger partial charge in [-0.3, -0.25) is 4.79 Å². The molecule has 0 heterocycles. The van der Waals surface area contributed by atoms with Gasteiger partial charge in [-0.2, -0.15) is 0 Å². The first-order valence-corrected chi connectivity index (χ1v) is 5.15. The number of nitrogens with one attached hydrogen (secondary N) is 2. The Kier molecular flexibility index (Phi) is 6.77. The van der Waals surface area contributed by atoms with Gasteiger partial charge in [0.05, 0.1) is 5.92 Å². The van der Waals surface area contributed by atoms with Gasteiger partial charge in [0, 0.05) is 19.0 Å². The maximum Gasteiger partial charge on any atom is 0.315 e.